The Balaban J connectivity index is 1.67. The van der Waals surface area contributed by atoms with Gasteiger partial charge in [0.25, 0.3) is 0 Å². The topological polar surface area (TPSA) is 140 Å². The van der Waals surface area contributed by atoms with Gasteiger partial charge in [-0.15, -0.1) is 0 Å². The van der Waals surface area contributed by atoms with Gasteiger partial charge >= 0.3 is 0 Å². The fourth-order valence-corrected chi connectivity index (χ4v) is 3.20. The summed E-state index contributed by atoms with van der Waals surface area (Å²) in [5.74, 6) is -0.369. The normalized spacial score (nSPS) is 15.3. The van der Waals surface area contributed by atoms with Crippen molar-refractivity contribution in [1.29, 1.82) is 0 Å². The number of aldehydes is 1. The monoisotopic (exact) mass is 550 g/mol. The van der Waals surface area contributed by atoms with E-state index in [1.165, 1.54) is 0 Å². The van der Waals surface area contributed by atoms with Crippen molar-refractivity contribution in [2.75, 3.05) is 126 Å². The molecule has 0 saturated carbocycles. The molecule has 0 bridgehead atoms. The van der Waals surface area contributed by atoms with E-state index >= 15 is 0 Å². The minimum Gasteiger partial charge on any atom is -0.379 e. The molecule has 222 valence electrons. The summed E-state index contributed by atoms with van der Waals surface area (Å²) >= 11 is 0. The summed E-state index contributed by atoms with van der Waals surface area (Å²) < 4.78 is 43.0. The molecule has 2 amide bonds. The first-order valence-corrected chi connectivity index (χ1v) is 13.2. The summed E-state index contributed by atoms with van der Waals surface area (Å²) in [4.78, 5) is 35.1. The second-order valence-corrected chi connectivity index (χ2v) is 8.32. The van der Waals surface area contributed by atoms with Crippen LogP contribution in [0.1, 0.15) is 12.8 Å². The maximum atomic E-state index is 12.0. The summed E-state index contributed by atoms with van der Waals surface area (Å²) in [6, 6.07) is 0. The SMILES string of the molecule is CN1CC(C(=O)NCCOCCOCCOCCOCCOCCOCCOCCOCCC=O)CC1=O. The van der Waals surface area contributed by atoms with E-state index in [1.54, 1.807) is 11.9 Å². The highest BCUT2D eigenvalue weighted by Crippen LogP contribution is 2.15. The predicted molar refractivity (Wildman–Crippen MR) is 136 cm³/mol. The molecule has 0 spiro atoms. The van der Waals surface area contributed by atoms with Crippen LogP contribution in [-0.4, -0.2) is 149 Å². The minimum absolute atomic E-state index is 0.00420. The smallest absolute Gasteiger partial charge is 0.225 e. The number of rotatable bonds is 28. The molecular formula is C25H46N2O11. The van der Waals surface area contributed by atoms with Crippen molar-refractivity contribution in [2.24, 2.45) is 5.92 Å². The molecule has 13 nitrogen and oxygen atoms in total. The minimum atomic E-state index is -0.268. The lowest BCUT2D eigenvalue weighted by molar-refractivity contribution is -0.128. The second-order valence-electron chi connectivity index (χ2n) is 8.32. The maximum absolute atomic E-state index is 12.0. The average molecular weight is 551 g/mol. The van der Waals surface area contributed by atoms with E-state index in [4.69, 9.17) is 37.9 Å². The molecule has 1 fully saturated rings. The van der Waals surface area contributed by atoms with Gasteiger partial charge in [-0.05, 0) is 0 Å². The number of ether oxygens (including phenoxy) is 8. The molecule has 1 atom stereocenters. The lowest BCUT2D eigenvalue weighted by atomic mass is 10.1. The second kappa shape index (κ2) is 25.6. The van der Waals surface area contributed by atoms with Crippen LogP contribution in [0.5, 0.6) is 0 Å². The number of amides is 2. The van der Waals surface area contributed by atoms with Crippen LogP contribution in [0.3, 0.4) is 0 Å². The first-order valence-electron chi connectivity index (χ1n) is 13.2. The molecule has 0 aromatic heterocycles. The number of carbonyl (C=O) groups excluding carboxylic acids is 3. The molecule has 0 aliphatic carbocycles. The van der Waals surface area contributed by atoms with Gasteiger partial charge in [-0.1, -0.05) is 0 Å². The molecule has 1 unspecified atom stereocenters. The van der Waals surface area contributed by atoms with Crippen molar-refractivity contribution >= 4 is 18.1 Å². The third kappa shape index (κ3) is 20.3. The number of hydrogen-bond donors (Lipinski definition) is 1. The Bertz CT molecular complexity index is 598. The standard InChI is InChI=1S/C25H46N2O11/c1-27-22-23(21-24(27)29)25(30)26-3-6-32-8-10-34-12-14-36-16-18-38-20-19-37-17-15-35-13-11-33-9-7-31-5-2-4-28/h4,23H,2-3,5-22H2,1H3,(H,26,30). The van der Waals surface area contributed by atoms with Crippen molar-refractivity contribution < 1.29 is 52.3 Å². The summed E-state index contributed by atoms with van der Waals surface area (Å²) in [5.41, 5.74) is 0. The zero-order valence-corrected chi connectivity index (χ0v) is 22.7. The van der Waals surface area contributed by atoms with E-state index in [1.807, 2.05) is 0 Å². The van der Waals surface area contributed by atoms with E-state index in [0.717, 1.165) is 6.29 Å². The van der Waals surface area contributed by atoms with Crippen LogP contribution >= 0.6 is 0 Å². The Morgan fingerprint density at radius 2 is 1.08 bits per heavy atom. The molecule has 1 saturated heterocycles. The molecule has 38 heavy (non-hydrogen) atoms. The zero-order valence-electron chi connectivity index (χ0n) is 22.7. The lowest BCUT2D eigenvalue weighted by Gasteiger charge is -2.11. The molecule has 0 aromatic carbocycles. The molecule has 1 aliphatic rings. The summed E-state index contributed by atoms with van der Waals surface area (Å²) in [7, 11) is 1.70. The molecule has 13 heteroatoms. The third-order valence-electron chi connectivity index (χ3n) is 5.24. The van der Waals surface area contributed by atoms with Crippen LogP contribution in [0, 0.1) is 5.92 Å². The largest absolute Gasteiger partial charge is 0.379 e. The van der Waals surface area contributed by atoms with Crippen molar-refractivity contribution in [3.8, 4) is 0 Å². The van der Waals surface area contributed by atoms with E-state index in [0.29, 0.717) is 125 Å². The molecule has 1 N–H and O–H groups in total. The van der Waals surface area contributed by atoms with Crippen molar-refractivity contribution in [3.05, 3.63) is 0 Å². The highest BCUT2D eigenvalue weighted by molar-refractivity contribution is 5.89. The van der Waals surface area contributed by atoms with Gasteiger partial charge in [-0.2, -0.15) is 0 Å². The highest BCUT2D eigenvalue weighted by atomic mass is 16.6. The molecule has 1 rings (SSSR count). The van der Waals surface area contributed by atoms with Crippen LogP contribution < -0.4 is 5.32 Å². The van der Waals surface area contributed by atoms with Crippen LogP contribution in [0.15, 0.2) is 0 Å². The van der Waals surface area contributed by atoms with Gasteiger partial charge in [-0.25, -0.2) is 0 Å². The molecular weight excluding hydrogens is 504 g/mol. The quantitative estimate of drug-likeness (QED) is 0.0977. The Labute approximate surface area is 225 Å². The van der Waals surface area contributed by atoms with Crippen LogP contribution in [0.4, 0.5) is 0 Å². The van der Waals surface area contributed by atoms with Crippen molar-refractivity contribution in [3.63, 3.8) is 0 Å². The Morgan fingerprint density at radius 3 is 1.42 bits per heavy atom. The molecule has 0 aromatic rings. The van der Waals surface area contributed by atoms with E-state index < -0.39 is 0 Å². The molecule has 1 heterocycles. The van der Waals surface area contributed by atoms with E-state index in [2.05, 4.69) is 5.32 Å². The number of nitrogens with one attached hydrogen (secondary N) is 1. The predicted octanol–water partition coefficient (Wildman–Crippen LogP) is -0.697. The fourth-order valence-electron chi connectivity index (χ4n) is 3.20. The first-order chi connectivity index (χ1) is 18.6. The molecule has 0 radical (unpaired) electrons. The van der Waals surface area contributed by atoms with Gasteiger partial charge in [0.1, 0.15) is 6.29 Å². The van der Waals surface area contributed by atoms with Crippen LogP contribution in [0.25, 0.3) is 0 Å². The van der Waals surface area contributed by atoms with Gasteiger partial charge in [-0.3, -0.25) is 9.59 Å². The van der Waals surface area contributed by atoms with Crippen LogP contribution in [-0.2, 0) is 52.3 Å². The zero-order chi connectivity index (χ0) is 27.5. The van der Waals surface area contributed by atoms with Gasteiger partial charge in [0.15, 0.2) is 0 Å². The number of carbonyl (C=O) groups is 3. The first kappa shape index (κ1) is 34.3. The highest BCUT2D eigenvalue weighted by Gasteiger charge is 2.31. The Morgan fingerprint density at radius 1 is 0.711 bits per heavy atom. The Hall–Kier alpha value is -1.71. The van der Waals surface area contributed by atoms with Gasteiger partial charge < -0.3 is 52.9 Å². The lowest BCUT2D eigenvalue weighted by Crippen LogP contribution is -2.34. The summed E-state index contributed by atoms with van der Waals surface area (Å²) in [5, 5.41) is 2.79. The van der Waals surface area contributed by atoms with E-state index in [-0.39, 0.29) is 24.2 Å². The van der Waals surface area contributed by atoms with Crippen molar-refractivity contribution in [2.45, 2.75) is 12.8 Å². The number of nitrogens with zero attached hydrogens (tertiary/aromatic N) is 1. The molecule has 1 aliphatic heterocycles. The van der Waals surface area contributed by atoms with Gasteiger partial charge in [0.05, 0.1) is 112 Å². The van der Waals surface area contributed by atoms with Crippen LogP contribution in [0.2, 0.25) is 0 Å². The number of likely N-dealkylation sites (tertiary alicyclic amines) is 1. The third-order valence-corrected chi connectivity index (χ3v) is 5.24. The van der Waals surface area contributed by atoms with Crippen molar-refractivity contribution in [1.82, 2.24) is 10.2 Å². The summed E-state index contributed by atoms with van der Waals surface area (Å²) in [6.45, 7) is 8.38. The van der Waals surface area contributed by atoms with Gasteiger partial charge in [0.2, 0.25) is 11.8 Å². The fraction of sp³-hybridized carbons (Fsp3) is 0.880. The van der Waals surface area contributed by atoms with E-state index in [9.17, 15) is 14.4 Å². The number of hydrogen-bond acceptors (Lipinski definition) is 11. The maximum Gasteiger partial charge on any atom is 0.225 e. The Kier molecular flexibility index (Phi) is 23.1. The van der Waals surface area contributed by atoms with Gasteiger partial charge in [0, 0.05) is 33.0 Å². The summed E-state index contributed by atoms with van der Waals surface area (Å²) in [6.07, 6.45) is 1.51. The average Bonchev–Trinajstić information content (AvgIpc) is 3.26.